The molecule has 3 aromatic rings. The molecule has 1 aliphatic rings. The number of para-hydroxylation sites is 1. The molecule has 1 aromatic heterocycles. The van der Waals surface area contributed by atoms with Crippen LogP contribution in [0.25, 0.3) is 11.3 Å². The van der Waals surface area contributed by atoms with Gasteiger partial charge < -0.3 is 10.1 Å². The van der Waals surface area contributed by atoms with E-state index in [1.54, 1.807) is 6.07 Å². The monoisotopic (exact) mass is 429 g/mol. The van der Waals surface area contributed by atoms with Crippen molar-refractivity contribution >= 4 is 34.7 Å². The van der Waals surface area contributed by atoms with E-state index in [0.717, 1.165) is 23.4 Å². The molecule has 2 heterocycles. The third-order valence-electron chi connectivity index (χ3n) is 4.24. The molecule has 8 nitrogen and oxygen atoms in total. The van der Waals surface area contributed by atoms with E-state index in [0.29, 0.717) is 22.3 Å². The summed E-state index contributed by atoms with van der Waals surface area (Å²) in [5.74, 6) is 1.18. The molecule has 0 bridgehead atoms. The van der Waals surface area contributed by atoms with Gasteiger partial charge in [0.2, 0.25) is 11.0 Å². The number of thioether (sulfide) groups is 1. The third-order valence-corrected chi connectivity index (χ3v) is 5.60. The number of benzene rings is 2. The molecule has 29 heavy (non-hydrogen) atoms. The smallest absolute Gasteiger partial charge is 0.288 e. The Morgan fingerprint density at radius 2 is 2.10 bits per heavy atom. The maximum absolute atomic E-state index is 11.3. The summed E-state index contributed by atoms with van der Waals surface area (Å²) < 4.78 is 6.12. The Balaban J connectivity index is 1.80. The topological polar surface area (TPSA) is 103 Å². The van der Waals surface area contributed by atoms with Gasteiger partial charge in [0.1, 0.15) is 5.02 Å². The lowest BCUT2D eigenvalue weighted by molar-refractivity contribution is -0.384. The molecule has 10 heteroatoms. The molecule has 0 aliphatic carbocycles. The van der Waals surface area contributed by atoms with Gasteiger partial charge in [0.05, 0.1) is 4.92 Å². The molecule has 1 atom stereocenters. The van der Waals surface area contributed by atoms with Gasteiger partial charge in [-0.05, 0) is 18.6 Å². The average molecular weight is 430 g/mol. The SMILES string of the molecule is CCCSc1nnc2c(n1)O[C@H](c1ccc(Cl)c([N+](=O)[O-])c1)Nc1ccccc1-2. The Hall–Kier alpha value is -2.91. The third kappa shape index (κ3) is 3.96. The van der Waals surface area contributed by atoms with Crippen LogP contribution in [0.15, 0.2) is 47.6 Å². The van der Waals surface area contributed by atoms with Gasteiger partial charge in [-0.3, -0.25) is 10.1 Å². The van der Waals surface area contributed by atoms with Gasteiger partial charge in [0.15, 0.2) is 11.9 Å². The molecule has 0 unspecified atom stereocenters. The largest absolute Gasteiger partial charge is 0.448 e. The molecule has 148 valence electrons. The van der Waals surface area contributed by atoms with E-state index in [1.807, 2.05) is 24.3 Å². The van der Waals surface area contributed by atoms with Crippen LogP contribution < -0.4 is 10.1 Å². The summed E-state index contributed by atoms with van der Waals surface area (Å²) in [4.78, 5) is 15.3. The molecule has 2 aromatic carbocycles. The number of nitro groups is 1. The van der Waals surface area contributed by atoms with Crippen molar-refractivity contribution in [2.45, 2.75) is 24.7 Å². The fraction of sp³-hybridized carbons (Fsp3) is 0.211. The fourth-order valence-corrected chi connectivity index (χ4v) is 3.70. The molecular formula is C19H16ClN5O3S. The predicted molar refractivity (Wildman–Crippen MR) is 111 cm³/mol. The summed E-state index contributed by atoms with van der Waals surface area (Å²) in [6, 6.07) is 12.1. The molecule has 0 spiro atoms. The fourth-order valence-electron chi connectivity index (χ4n) is 2.89. The average Bonchev–Trinajstić information content (AvgIpc) is 2.88. The minimum absolute atomic E-state index is 0.0652. The van der Waals surface area contributed by atoms with E-state index in [2.05, 4.69) is 27.4 Å². The number of nitro benzene ring substituents is 1. The first-order valence-corrected chi connectivity index (χ1v) is 10.3. The zero-order valence-corrected chi connectivity index (χ0v) is 16.9. The zero-order chi connectivity index (χ0) is 20.4. The second kappa shape index (κ2) is 8.22. The van der Waals surface area contributed by atoms with Crippen LogP contribution >= 0.6 is 23.4 Å². The van der Waals surface area contributed by atoms with Crippen molar-refractivity contribution in [2.75, 3.05) is 11.1 Å². The summed E-state index contributed by atoms with van der Waals surface area (Å²) in [5.41, 5.74) is 2.43. The van der Waals surface area contributed by atoms with Crippen LogP contribution in [-0.2, 0) is 0 Å². The van der Waals surface area contributed by atoms with Crippen LogP contribution in [0.3, 0.4) is 0 Å². The highest BCUT2D eigenvalue weighted by molar-refractivity contribution is 7.99. The number of anilines is 1. The Morgan fingerprint density at radius 1 is 1.28 bits per heavy atom. The number of halogens is 1. The van der Waals surface area contributed by atoms with Crippen LogP contribution in [-0.4, -0.2) is 25.9 Å². The molecule has 0 amide bonds. The Labute approximate surface area is 175 Å². The number of hydrogen-bond acceptors (Lipinski definition) is 8. The molecule has 1 aliphatic heterocycles. The molecule has 1 N–H and O–H groups in total. The Morgan fingerprint density at radius 3 is 2.90 bits per heavy atom. The Kier molecular flexibility index (Phi) is 5.50. The van der Waals surface area contributed by atoms with Crippen molar-refractivity contribution in [3.63, 3.8) is 0 Å². The number of ether oxygens (including phenoxy) is 1. The molecular weight excluding hydrogens is 414 g/mol. The molecule has 0 saturated heterocycles. The zero-order valence-electron chi connectivity index (χ0n) is 15.3. The molecule has 0 radical (unpaired) electrons. The maximum Gasteiger partial charge on any atom is 0.288 e. The lowest BCUT2D eigenvalue weighted by Crippen LogP contribution is -2.17. The van der Waals surface area contributed by atoms with Crippen LogP contribution in [0.2, 0.25) is 5.02 Å². The van der Waals surface area contributed by atoms with Gasteiger partial charge in [0, 0.05) is 28.6 Å². The van der Waals surface area contributed by atoms with Crippen molar-refractivity contribution < 1.29 is 9.66 Å². The highest BCUT2D eigenvalue weighted by atomic mass is 35.5. The van der Waals surface area contributed by atoms with Crippen LogP contribution in [0.5, 0.6) is 5.88 Å². The second-order valence-electron chi connectivity index (χ2n) is 6.25. The highest BCUT2D eigenvalue weighted by Crippen LogP contribution is 2.40. The van der Waals surface area contributed by atoms with Gasteiger partial charge in [0.25, 0.3) is 5.69 Å². The summed E-state index contributed by atoms with van der Waals surface area (Å²) >= 11 is 7.45. The predicted octanol–water partition coefficient (Wildman–Crippen LogP) is 5.11. The highest BCUT2D eigenvalue weighted by Gasteiger charge is 2.27. The lowest BCUT2D eigenvalue weighted by Gasteiger charge is -2.19. The minimum atomic E-state index is -0.714. The van der Waals surface area contributed by atoms with Gasteiger partial charge in [-0.25, -0.2) is 0 Å². The number of hydrogen-bond donors (Lipinski definition) is 1. The van der Waals surface area contributed by atoms with Crippen molar-refractivity contribution in [3.8, 4) is 17.1 Å². The first-order valence-electron chi connectivity index (χ1n) is 8.90. The molecule has 0 fully saturated rings. The summed E-state index contributed by atoms with van der Waals surface area (Å²) in [5, 5.41) is 23.7. The van der Waals surface area contributed by atoms with Crippen molar-refractivity contribution in [2.24, 2.45) is 0 Å². The van der Waals surface area contributed by atoms with E-state index in [1.165, 1.54) is 23.9 Å². The minimum Gasteiger partial charge on any atom is -0.448 e. The molecule has 0 saturated carbocycles. The normalized spacial score (nSPS) is 14.8. The first kappa shape index (κ1) is 19.4. The second-order valence-corrected chi connectivity index (χ2v) is 7.72. The Bertz CT molecular complexity index is 1080. The van der Waals surface area contributed by atoms with E-state index in [-0.39, 0.29) is 10.7 Å². The van der Waals surface area contributed by atoms with Gasteiger partial charge in [-0.1, -0.05) is 54.6 Å². The maximum atomic E-state index is 11.3. The van der Waals surface area contributed by atoms with Crippen LogP contribution in [0, 0.1) is 10.1 Å². The summed E-state index contributed by atoms with van der Waals surface area (Å²) in [7, 11) is 0. The summed E-state index contributed by atoms with van der Waals surface area (Å²) in [6.45, 7) is 2.07. The van der Waals surface area contributed by atoms with E-state index in [4.69, 9.17) is 16.3 Å². The summed E-state index contributed by atoms with van der Waals surface area (Å²) in [6.07, 6.45) is 0.266. The van der Waals surface area contributed by atoms with E-state index in [9.17, 15) is 10.1 Å². The van der Waals surface area contributed by atoms with Gasteiger partial charge in [-0.2, -0.15) is 4.98 Å². The van der Waals surface area contributed by atoms with Gasteiger partial charge in [-0.15, -0.1) is 10.2 Å². The number of aromatic nitrogens is 3. The van der Waals surface area contributed by atoms with Crippen LogP contribution in [0.4, 0.5) is 11.4 Å². The number of rotatable bonds is 5. The van der Waals surface area contributed by atoms with Crippen molar-refractivity contribution in [3.05, 3.63) is 63.2 Å². The standard InChI is InChI=1S/C19H16ClN5O3S/c1-2-9-29-19-22-18-16(23-24-19)12-5-3-4-6-14(12)21-17(28-18)11-7-8-13(20)15(10-11)25(26)27/h3-8,10,17,21H,2,9H2,1H3/t17-/m1/s1. The number of fused-ring (bicyclic) bond motifs is 3. The molecule has 4 rings (SSSR count). The van der Waals surface area contributed by atoms with Crippen molar-refractivity contribution in [1.29, 1.82) is 0 Å². The lowest BCUT2D eigenvalue weighted by atomic mass is 10.1. The first-order chi connectivity index (χ1) is 14.1. The van der Waals surface area contributed by atoms with Crippen LogP contribution in [0.1, 0.15) is 25.1 Å². The van der Waals surface area contributed by atoms with Gasteiger partial charge >= 0.3 is 0 Å². The number of nitrogens with zero attached hydrogens (tertiary/aromatic N) is 4. The van der Waals surface area contributed by atoms with E-state index >= 15 is 0 Å². The quantitative estimate of drug-likeness (QED) is 0.339. The van der Waals surface area contributed by atoms with E-state index < -0.39 is 11.2 Å². The van der Waals surface area contributed by atoms with Crippen molar-refractivity contribution in [1.82, 2.24) is 15.2 Å². The number of nitrogens with one attached hydrogen (secondary N) is 1.